The van der Waals surface area contributed by atoms with Crippen molar-refractivity contribution < 1.29 is 14.0 Å². The van der Waals surface area contributed by atoms with Crippen molar-refractivity contribution in [3.05, 3.63) is 59.5 Å². The molecule has 3 rings (SSSR count). The molecule has 1 aliphatic rings. The molecule has 0 bridgehead atoms. The lowest BCUT2D eigenvalue weighted by molar-refractivity contribution is -0.122. The molecule has 0 aliphatic carbocycles. The van der Waals surface area contributed by atoms with Crippen LogP contribution in [-0.2, 0) is 11.2 Å². The lowest BCUT2D eigenvalue weighted by Gasteiger charge is -2.31. The number of carbonyl (C=O) groups excluding carboxylic acids is 2. The van der Waals surface area contributed by atoms with Gasteiger partial charge in [-0.1, -0.05) is 30.3 Å². The number of nitrogens with one attached hydrogen (secondary N) is 2. The summed E-state index contributed by atoms with van der Waals surface area (Å²) in [7, 11) is 0. The number of aryl methyl sites for hydroxylation is 2. The molecule has 2 heterocycles. The van der Waals surface area contributed by atoms with Gasteiger partial charge in [0.25, 0.3) is 5.91 Å². The average Bonchev–Trinajstić information content (AvgIpc) is 3.14. The molecule has 0 unspecified atom stereocenters. The summed E-state index contributed by atoms with van der Waals surface area (Å²) in [5, 5.41) is 6.04. The molecule has 6 nitrogen and oxygen atoms in total. The second-order valence-corrected chi connectivity index (χ2v) is 7.40. The molecular weight excluding hydrogens is 354 g/mol. The van der Waals surface area contributed by atoms with Crippen molar-refractivity contribution >= 4 is 11.8 Å². The third kappa shape index (κ3) is 5.96. The van der Waals surface area contributed by atoms with E-state index in [4.69, 9.17) is 4.42 Å². The number of hydrogen-bond acceptors (Lipinski definition) is 4. The van der Waals surface area contributed by atoms with Crippen LogP contribution in [0.4, 0.5) is 0 Å². The molecule has 0 atom stereocenters. The van der Waals surface area contributed by atoms with Crippen LogP contribution in [0.3, 0.4) is 0 Å². The quantitative estimate of drug-likeness (QED) is 0.687. The van der Waals surface area contributed by atoms with Crippen LogP contribution in [0.5, 0.6) is 0 Å². The number of carbonyl (C=O) groups is 2. The first kappa shape index (κ1) is 20.1. The van der Waals surface area contributed by atoms with E-state index in [0.717, 1.165) is 44.3 Å². The van der Waals surface area contributed by atoms with Crippen LogP contribution in [0, 0.1) is 6.92 Å². The van der Waals surface area contributed by atoms with Gasteiger partial charge in [0.2, 0.25) is 5.91 Å². The third-order valence-electron chi connectivity index (χ3n) is 5.17. The van der Waals surface area contributed by atoms with Gasteiger partial charge in [-0.2, -0.15) is 0 Å². The number of benzene rings is 1. The summed E-state index contributed by atoms with van der Waals surface area (Å²) in [6.07, 6.45) is 5.13. The first-order chi connectivity index (χ1) is 13.6. The summed E-state index contributed by atoms with van der Waals surface area (Å²) in [6.45, 7) is 4.59. The zero-order valence-corrected chi connectivity index (χ0v) is 16.4. The van der Waals surface area contributed by atoms with Gasteiger partial charge in [-0.05, 0) is 44.2 Å². The van der Waals surface area contributed by atoms with E-state index in [9.17, 15) is 9.59 Å². The molecule has 150 valence electrons. The molecule has 1 aromatic carbocycles. The molecule has 28 heavy (non-hydrogen) atoms. The molecule has 0 spiro atoms. The maximum Gasteiger partial charge on any atom is 0.287 e. The minimum atomic E-state index is -0.155. The van der Waals surface area contributed by atoms with E-state index >= 15 is 0 Å². The molecule has 6 heteroatoms. The number of hydrogen-bond donors (Lipinski definition) is 2. The van der Waals surface area contributed by atoms with Crippen LogP contribution in [0.2, 0.25) is 0 Å². The van der Waals surface area contributed by atoms with Crippen LogP contribution >= 0.6 is 0 Å². The highest BCUT2D eigenvalue weighted by molar-refractivity contribution is 5.93. The Labute approximate surface area is 166 Å². The molecule has 1 fully saturated rings. The molecule has 2 amide bonds. The van der Waals surface area contributed by atoms with Gasteiger partial charge in [0.05, 0.1) is 12.8 Å². The van der Waals surface area contributed by atoms with Gasteiger partial charge in [-0.15, -0.1) is 0 Å². The largest absolute Gasteiger partial charge is 0.459 e. The highest BCUT2D eigenvalue weighted by atomic mass is 16.3. The van der Waals surface area contributed by atoms with Gasteiger partial charge in [0.15, 0.2) is 5.76 Å². The summed E-state index contributed by atoms with van der Waals surface area (Å²) in [5.74, 6) is 0.302. The summed E-state index contributed by atoms with van der Waals surface area (Å²) in [5.41, 5.74) is 2.14. The summed E-state index contributed by atoms with van der Waals surface area (Å²) in [6, 6.07) is 12.2. The van der Waals surface area contributed by atoms with Crippen LogP contribution in [0.25, 0.3) is 0 Å². The number of nitrogens with zero attached hydrogens (tertiary/aromatic N) is 1. The van der Waals surface area contributed by atoms with E-state index in [1.54, 1.807) is 6.07 Å². The van der Waals surface area contributed by atoms with Crippen molar-refractivity contribution in [2.45, 2.75) is 38.6 Å². The molecule has 0 radical (unpaired) electrons. The first-order valence-corrected chi connectivity index (χ1v) is 10.00. The Hall–Kier alpha value is -2.60. The Morgan fingerprint density at radius 2 is 1.89 bits per heavy atom. The number of rotatable bonds is 8. The van der Waals surface area contributed by atoms with E-state index < -0.39 is 0 Å². The van der Waals surface area contributed by atoms with E-state index in [1.807, 2.05) is 25.1 Å². The lowest BCUT2D eigenvalue weighted by atomic mass is 10.0. The predicted octanol–water partition coefficient (Wildman–Crippen LogP) is 2.53. The van der Waals surface area contributed by atoms with Crippen LogP contribution < -0.4 is 10.6 Å². The maximum absolute atomic E-state index is 12.2. The monoisotopic (exact) mass is 383 g/mol. The van der Waals surface area contributed by atoms with Crippen LogP contribution in [-0.4, -0.2) is 48.9 Å². The minimum absolute atomic E-state index is 0.0711. The predicted molar refractivity (Wildman–Crippen MR) is 108 cm³/mol. The summed E-state index contributed by atoms with van der Waals surface area (Å²) < 4.78 is 5.24. The zero-order valence-electron chi connectivity index (χ0n) is 16.4. The lowest BCUT2D eigenvalue weighted by Crippen LogP contribution is -2.47. The fourth-order valence-corrected chi connectivity index (χ4v) is 3.52. The van der Waals surface area contributed by atoms with Crippen molar-refractivity contribution in [1.82, 2.24) is 15.5 Å². The van der Waals surface area contributed by atoms with E-state index in [2.05, 4.69) is 27.7 Å². The molecule has 1 aromatic heterocycles. The van der Waals surface area contributed by atoms with E-state index in [1.165, 1.54) is 11.8 Å². The van der Waals surface area contributed by atoms with Gasteiger partial charge < -0.3 is 15.1 Å². The molecule has 2 aromatic rings. The van der Waals surface area contributed by atoms with Gasteiger partial charge in [0.1, 0.15) is 0 Å². The van der Waals surface area contributed by atoms with Gasteiger partial charge in [-0.3, -0.25) is 14.5 Å². The van der Waals surface area contributed by atoms with Crippen LogP contribution in [0.15, 0.2) is 47.1 Å². The molecule has 2 N–H and O–H groups in total. The summed E-state index contributed by atoms with van der Waals surface area (Å²) >= 11 is 0. The van der Waals surface area contributed by atoms with Gasteiger partial charge in [0, 0.05) is 31.2 Å². The summed E-state index contributed by atoms with van der Waals surface area (Å²) in [4.78, 5) is 26.5. The van der Waals surface area contributed by atoms with Crippen LogP contribution in [0.1, 0.15) is 40.9 Å². The Balaban J connectivity index is 1.30. The molecule has 1 aliphatic heterocycles. The van der Waals surface area contributed by atoms with E-state index in [-0.39, 0.29) is 17.9 Å². The smallest absolute Gasteiger partial charge is 0.287 e. The first-order valence-electron chi connectivity index (χ1n) is 10.00. The maximum atomic E-state index is 12.2. The zero-order chi connectivity index (χ0) is 19.8. The fourth-order valence-electron chi connectivity index (χ4n) is 3.52. The molecule has 0 saturated carbocycles. The van der Waals surface area contributed by atoms with Crippen molar-refractivity contribution in [2.75, 3.05) is 26.2 Å². The second-order valence-electron chi connectivity index (χ2n) is 7.40. The van der Waals surface area contributed by atoms with Crippen molar-refractivity contribution in [2.24, 2.45) is 0 Å². The van der Waals surface area contributed by atoms with Gasteiger partial charge >= 0.3 is 0 Å². The van der Waals surface area contributed by atoms with Crippen molar-refractivity contribution in [1.29, 1.82) is 0 Å². The number of amides is 2. The highest BCUT2D eigenvalue weighted by Crippen LogP contribution is 2.13. The SMILES string of the molecule is Cc1ccoc1C(=O)NC1CCN(CC(=O)NCCCc2ccccc2)CC1. The molecular formula is C22H29N3O3. The van der Waals surface area contributed by atoms with Crippen molar-refractivity contribution in [3.63, 3.8) is 0 Å². The number of furan rings is 1. The minimum Gasteiger partial charge on any atom is -0.459 e. The number of piperidine rings is 1. The Bertz CT molecular complexity index is 764. The van der Waals surface area contributed by atoms with Gasteiger partial charge in [-0.25, -0.2) is 0 Å². The fraction of sp³-hybridized carbons (Fsp3) is 0.455. The normalized spacial score (nSPS) is 15.3. The Kier molecular flexibility index (Phi) is 7.25. The Morgan fingerprint density at radius 1 is 1.14 bits per heavy atom. The average molecular weight is 383 g/mol. The standard InChI is InChI=1S/C22H29N3O3/c1-17-11-15-28-21(17)22(27)24-19-9-13-25(14-10-19)16-20(26)23-12-5-8-18-6-3-2-4-7-18/h2-4,6-7,11,15,19H,5,8-10,12-14,16H2,1H3,(H,23,26)(H,24,27). The second kappa shape index (κ2) is 10.1. The Morgan fingerprint density at radius 3 is 2.57 bits per heavy atom. The highest BCUT2D eigenvalue weighted by Gasteiger charge is 2.23. The molecule has 1 saturated heterocycles. The van der Waals surface area contributed by atoms with Crippen molar-refractivity contribution in [3.8, 4) is 0 Å². The van der Waals surface area contributed by atoms with E-state index in [0.29, 0.717) is 18.8 Å². The number of likely N-dealkylation sites (tertiary alicyclic amines) is 1. The third-order valence-corrected chi connectivity index (χ3v) is 5.17. The topological polar surface area (TPSA) is 74.6 Å².